The molecule has 1 aromatic carbocycles. The largest absolute Gasteiger partial charge is 0.350 e. The van der Waals surface area contributed by atoms with E-state index in [2.05, 4.69) is 5.32 Å². The van der Waals surface area contributed by atoms with Gasteiger partial charge in [0.15, 0.2) is 0 Å². The molecule has 0 aromatic heterocycles. The van der Waals surface area contributed by atoms with Gasteiger partial charge in [0.2, 0.25) is 15.9 Å². The summed E-state index contributed by atoms with van der Waals surface area (Å²) in [6, 6.07) is 3.84. The molecular formula is C20H33N3O3S. The molecule has 1 amide bonds. The third-order valence-electron chi connectivity index (χ3n) is 4.63. The zero-order valence-electron chi connectivity index (χ0n) is 17.4. The molecule has 1 saturated heterocycles. The lowest BCUT2D eigenvalue weighted by Gasteiger charge is -2.25. The molecule has 0 unspecified atom stereocenters. The smallest absolute Gasteiger partial charge is 0.243 e. The molecule has 1 fully saturated rings. The molecule has 1 aliphatic rings. The summed E-state index contributed by atoms with van der Waals surface area (Å²) < 4.78 is 28.0. The van der Waals surface area contributed by atoms with Gasteiger partial charge in [-0.3, -0.25) is 9.69 Å². The fourth-order valence-electron chi connectivity index (χ4n) is 3.71. The van der Waals surface area contributed by atoms with Gasteiger partial charge in [0.25, 0.3) is 0 Å². The number of amides is 1. The first kappa shape index (κ1) is 21.9. The number of carbonyl (C=O) groups is 1. The van der Waals surface area contributed by atoms with Gasteiger partial charge in [-0.25, -0.2) is 8.42 Å². The molecule has 0 radical (unpaired) electrons. The van der Waals surface area contributed by atoms with Crippen molar-refractivity contribution in [2.45, 2.75) is 58.4 Å². The minimum absolute atomic E-state index is 0.0240. The SMILES string of the molecule is Cc1cc(C)c(S(=O)(=O)N2CCCN(CC(=O)NC(C)(C)C)CC2)c(C)c1. The van der Waals surface area contributed by atoms with Crippen molar-refractivity contribution in [2.24, 2.45) is 0 Å². The Balaban J connectivity index is 2.10. The van der Waals surface area contributed by atoms with Crippen molar-refractivity contribution in [3.63, 3.8) is 0 Å². The maximum atomic E-state index is 13.2. The number of carbonyl (C=O) groups excluding carboxylic acids is 1. The van der Waals surface area contributed by atoms with E-state index in [1.165, 1.54) is 0 Å². The van der Waals surface area contributed by atoms with E-state index in [1.807, 2.05) is 58.6 Å². The van der Waals surface area contributed by atoms with Crippen molar-refractivity contribution in [2.75, 3.05) is 32.7 Å². The number of sulfonamides is 1. The second-order valence-corrected chi connectivity index (χ2v) is 10.4. The predicted molar refractivity (Wildman–Crippen MR) is 108 cm³/mol. The Morgan fingerprint density at radius 1 is 1.04 bits per heavy atom. The quantitative estimate of drug-likeness (QED) is 0.849. The minimum atomic E-state index is -3.54. The van der Waals surface area contributed by atoms with Crippen molar-refractivity contribution in [1.82, 2.24) is 14.5 Å². The first-order valence-electron chi connectivity index (χ1n) is 9.51. The maximum absolute atomic E-state index is 13.2. The van der Waals surface area contributed by atoms with E-state index in [4.69, 9.17) is 0 Å². The Morgan fingerprint density at radius 3 is 2.19 bits per heavy atom. The van der Waals surface area contributed by atoms with Crippen LogP contribution in [0.2, 0.25) is 0 Å². The fourth-order valence-corrected chi connectivity index (χ4v) is 5.59. The van der Waals surface area contributed by atoms with E-state index in [0.717, 1.165) is 23.2 Å². The molecule has 1 aliphatic heterocycles. The molecule has 0 bridgehead atoms. The zero-order chi connectivity index (χ0) is 20.4. The van der Waals surface area contributed by atoms with Crippen LogP contribution in [0, 0.1) is 20.8 Å². The Hall–Kier alpha value is -1.44. The molecule has 0 spiro atoms. The Morgan fingerprint density at radius 2 is 1.63 bits per heavy atom. The molecule has 1 heterocycles. The second-order valence-electron chi connectivity index (χ2n) is 8.56. The first-order valence-corrected chi connectivity index (χ1v) is 11.0. The number of nitrogens with one attached hydrogen (secondary N) is 1. The van der Waals surface area contributed by atoms with Crippen LogP contribution in [0.1, 0.15) is 43.9 Å². The molecule has 0 aliphatic carbocycles. The molecule has 6 nitrogen and oxygen atoms in total. The van der Waals surface area contributed by atoms with Crippen LogP contribution in [0.15, 0.2) is 17.0 Å². The molecule has 0 atom stereocenters. The van der Waals surface area contributed by atoms with E-state index in [1.54, 1.807) is 4.31 Å². The lowest BCUT2D eigenvalue weighted by atomic mass is 10.1. The van der Waals surface area contributed by atoms with E-state index in [9.17, 15) is 13.2 Å². The average molecular weight is 396 g/mol. The van der Waals surface area contributed by atoms with Crippen LogP contribution in [0.5, 0.6) is 0 Å². The van der Waals surface area contributed by atoms with Crippen molar-refractivity contribution < 1.29 is 13.2 Å². The average Bonchev–Trinajstić information content (AvgIpc) is 2.69. The minimum Gasteiger partial charge on any atom is -0.350 e. The topological polar surface area (TPSA) is 69.7 Å². The van der Waals surface area contributed by atoms with Crippen LogP contribution in [0.3, 0.4) is 0 Å². The van der Waals surface area contributed by atoms with Gasteiger partial charge >= 0.3 is 0 Å². The van der Waals surface area contributed by atoms with E-state index in [0.29, 0.717) is 37.5 Å². The van der Waals surface area contributed by atoms with Crippen LogP contribution < -0.4 is 5.32 Å². The van der Waals surface area contributed by atoms with Crippen LogP contribution >= 0.6 is 0 Å². The van der Waals surface area contributed by atoms with Gasteiger partial charge in [-0.15, -0.1) is 0 Å². The molecule has 7 heteroatoms. The number of hydrogen-bond acceptors (Lipinski definition) is 4. The van der Waals surface area contributed by atoms with Gasteiger partial charge < -0.3 is 5.32 Å². The Kier molecular flexibility index (Phi) is 6.71. The molecule has 2 rings (SSSR count). The molecule has 1 aromatic rings. The summed E-state index contributed by atoms with van der Waals surface area (Å²) in [7, 11) is -3.54. The Labute approximate surface area is 164 Å². The van der Waals surface area contributed by atoms with Crippen molar-refractivity contribution in [1.29, 1.82) is 0 Å². The summed E-state index contributed by atoms with van der Waals surface area (Å²) in [6.45, 7) is 14.0. The van der Waals surface area contributed by atoms with Gasteiger partial charge in [-0.1, -0.05) is 17.7 Å². The van der Waals surface area contributed by atoms with Gasteiger partial charge in [-0.05, 0) is 65.6 Å². The number of nitrogens with zero attached hydrogens (tertiary/aromatic N) is 2. The Bertz CT molecular complexity index is 774. The summed E-state index contributed by atoms with van der Waals surface area (Å²) in [5.74, 6) is -0.0240. The third-order valence-corrected chi connectivity index (χ3v) is 6.84. The highest BCUT2D eigenvalue weighted by molar-refractivity contribution is 7.89. The normalized spacial score (nSPS) is 17.6. The maximum Gasteiger partial charge on any atom is 0.243 e. The highest BCUT2D eigenvalue weighted by Gasteiger charge is 2.30. The zero-order valence-corrected chi connectivity index (χ0v) is 18.2. The van der Waals surface area contributed by atoms with E-state index in [-0.39, 0.29) is 11.4 Å². The van der Waals surface area contributed by atoms with Crippen LogP contribution in [0.4, 0.5) is 0 Å². The van der Waals surface area contributed by atoms with E-state index >= 15 is 0 Å². The van der Waals surface area contributed by atoms with Gasteiger partial charge in [0.1, 0.15) is 0 Å². The molecule has 1 N–H and O–H groups in total. The van der Waals surface area contributed by atoms with Crippen molar-refractivity contribution in [3.8, 4) is 0 Å². The third kappa shape index (κ3) is 5.77. The fraction of sp³-hybridized carbons (Fsp3) is 0.650. The van der Waals surface area contributed by atoms with Crippen molar-refractivity contribution in [3.05, 3.63) is 28.8 Å². The highest BCUT2D eigenvalue weighted by Crippen LogP contribution is 2.26. The highest BCUT2D eigenvalue weighted by atomic mass is 32.2. The second kappa shape index (κ2) is 8.29. The lowest BCUT2D eigenvalue weighted by molar-refractivity contribution is -0.123. The molecule has 0 saturated carbocycles. The van der Waals surface area contributed by atoms with E-state index < -0.39 is 10.0 Å². The summed E-state index contributed by atoms with van der Waals surface area (Å²) in [6.07, 6.45) is 0.714. The number of aryl methyl sites for hydroxylation is 3. The number of hydrogen-bond donors (Lipinski definition) is 1. The predicted octanol–water partition coefficient (Wildman–Crippen LogP) is 2.22. The number of rotatable bonds is 4. The van der Waals surface area contributed by atoms with Crippen LogP contribution in [0.25, 0.3) is 0 Å². The van der Waals surface area contributed by atoms with Crippen LogP contribution in [-0.2, 0) is 14.8 Å². The summed E-state index contributed by atoms with van der Waals surface area (Å²) in [5.41, 5.74) is 2.38. The molecule has 27 heavy (non-hydrogen) atoms. The van der Waals surface area contributed by atoms with Crippen LogP contribution in [-0.4, -0.2) is 61.8 Å². The number of benzene rings is 1. The van der Waals surface area contributed by atoms with Crippen molar-refractivity contribution >= 4 is 15.9 Å². The van der Waals surface area contributed by atoms with Gasteiger partial charge in [-0.2, -0.15) is 4.31 Å². The summed E-state index contributed by atoms with van der Waals surface area (Å²) in [5, 5.41) is 2.96. The molecular weight excluding hydrogens is 362 g/mol. The monoisotopic (exact) mass is 395 g/mol. The summed E-state index contributed by atoms with van der Waals surface area (Å²) >= 11 is 0. The van der Waals surface area contributed by atoms with Gasteiger partial charge in [0.05, 0.1) is 11.4 Å². The summed E-state index contributed by atoms with van der Waals surface area (Å²) in [4.78, 5) is 14.6. The standard InChI is InChI=1S/C20H33N3O3S/c1-15-12-16(2)19(17(3)13-15)27(25,26)23-9-7-8-22(10-11-23)14-18(24)21-20(4,5)6/h12-13H,7-11,14H2,1-6H3,(H,21,24). The van der Waals surface area contributed by atoms with Gasteiger partial charge in [0, 0.05) is 25.2 Å². The lowest BCUT2D eigenvalue weighted by Crippen LogP contribution is -2.46. The molecule has 152 valence electrons. The first-order chi connectivity index (χ1) is 12.4.